The third kappa shape index (κ3) is 3.45. The highest BCUT2D eigenvalue weighted by Crippen LogP contribution is 2.30. The quantitative estimate of drug-likeness (QED) is 0.610. The highest BCUT2D eigenvalue weighted by molar-refractivity contribution is 5.62. The number of rotatable bonds is 7. The first-order valence-electron chi connectivity index (χ1n) is 6.71. The molecule has 20 heavy (non-hydrogen) atoms. The zero-order chi connectivity index (χ0) is 14.5. The van der Waals surface area contributed by atoms with E-state index < -0.39 is 0 Å². The van der Waals surface area contributed by atoms with E-state index in [-0.39, 0.29) is 10.6 Å². The molecule has 6 heteroatoms. The predicted molar refractivity (Wildman–Crippen MR) is 76.3 cm³/mol. The molecule has 6 nitrogen and oxygen atoms in total. The molecule has 1 aliphatic carbocycles. The number of anilines is 1. The molecule has 0 spiro atoms. The van der Waals surface area contributed by atoms with Gasteiger partial charge < -0.3 is 5.32 Å². The third-order valence-electron chi connectivity index (χ3n) is 3.49. The average molecular weight is 274 g/mol. The number of nitro groups is 1. The molecule has 0 unspecified atom stereocenters. The number of nitro benzene ring substituents is 1. The van der Waals surface area contributed by atoms with Gasteiger partial charge in [0.15, 0.2) is 0 Å². The molecule has 1 N–H and O–H groups in total. The van der Waals surface area contributed by atoms with Gasteiger partial charge in [0, 0.05) is 38.7 Å². The number of benzene rings is 1. The van der Waals surface area contributed by atoms with Gasteiger partial charge >= 0.3 is 0 Å². The van der Waals surface area contributed by atoms with Gasteiger partial charge in [0.05, 0.1) is 11.0 Å². The number of nitriles is 1. The van der Waals surface area contributed by atoms with Gasteiger partial charge in [-0.05, 0) is 24.5 Å². The Labute approximate surface area is 118 Å². The standard InChI is InChI=1S/C14H18N4O2/c1-16-13-9-11(3-6-14(13)18(19)20)10-17(8-2-7-15)12-4-5-12/h3,6,9,12,16H,2,4-5,8,10H2,1H3. The van der Waals surface area contributed by atoms with E-state index in [1.807, 2.05) is 6.07 Å². The monoisotopic (exact) mass is 274 g/mol. The lowest BCUT2D eigenvalue weighted by Crippen LogP contribution is -2.26. The summed E-state index contributed by atoms with van der Waals surface area (Å²) in [5.74, 6) is 0. The summed E-state index contributed by atoms with van der Waals surface area (Å²) in [6.07, 6.45) is 2.87. The average Bonchev–Trinajstić information content (AvgIpc) is 3.27. The first kappa shape index (κ1) is 14.3. The summed E-state index contributed by atoms with van der Waals surface area (Å²) in [5.41, 5.74) is 1.65. The molecular formula is C14H18N4O2. The molecule has 0 atom stereocenters. The Morgan fingerprint density at radius 3 is 2.85 bits per heavy atom. The zero-order valence-corrected chi connectivity index (χ0v) is 11.5. The lowest BCUT2D eigenvalue weighted by molar-refractivity contribution is -0.384. The zero-order valence-electron chi connectivity index (χ0n) is 11.5. The van der Waals surface area contributed by atoms with Gasteiger partial charge in [-0.25, -0.2) is 0 Å². The normalized spacial score (nSPS) is 14.1. The molecule has 0 aliphatic heterocycles. The Hall–Kier alpha value is -2.13. The number of nitrogens with one attached hydrogen (secondary N) is 1. The molecule has 106 valence electrons. The summed E-state index contributed by atoms with van der Waals surface area (Å²) >= 11 is 0. The van der Waals surface area contributed by atoms with Gasteiger partial charge in [0.2, 0.25) is 0 Å². The van der Waals surface area contributed by atoms with Crippen molar-refractivity contribution in [1.29, 1.82) is 5.26 Å². The maximum Gasteiger partial charge on any atom is 0.292 e. The van der Waals surface area contributed by atoms with Crippen molar-refractivity contribution in [2.24, 2.45) is 0 Å². The number of hydrogen-bond acceptors (Lipinski definition) is 5. The van der Waals surface area contributed by atoms with Crippen LogP contribution in [0, 0.1) is 21.4 Å². The van der Waals surface area contributed by atoms with E-state index in [4.69, 9.17) is 5.26 Å². The van der Waals surface area contributed by atoms with Crippen molar-refractivity contribution in [3.63, 3.8) is 0 Å². The molecule has 1 aliphatic rings. The van der Waals surface area contributed by atoms with Crippen LogP contribution in [0.1, 0.15) is 24.8 Å². The topological polar surface area (TPSA) is 82.2 Å². The molecule has 1 aromatic rings. The van der Waals surface area contributed by atoms with Crippen LogP contribution in [0.25, 0.3) is 0 Å². The van der Waals surface area contributed by atoms with Crippen molar-refractivity contribution in [3.05, 3.63) is 33.9 Å². The van der Waals surface area contributed by atoms with Crippen LogP contribution in [0.4, 0.5) is 11.4 Å². The summed E-state index contributed by atoms with van der Waals surface area (Å²) in [6, 6.07) is 7.89. The van der Waals surface area contributed by atoms with Crippen molar-refractivity contribution >= 4 is 11.4 Å². The summed E-state index contributed by atoms with van der Waals surface area (Å²) in [5, 5.41) is 22.5. The van der Waals surface area contributed by atoms with Crippen LogP contribution in [0.2, 0.25) is 0 Å². The van der Waals surface area contributed by atoms with E-state index in [1.165, 1.54) is 18.9 Å². The van der Waals surface area contributed by atoms with Gasteiger partial charge in [-0.15, -0.1) is 0 Å². The van der Waals surface area contributed by atoms with Gasteiger partial charge in [-0.2, -0.15) is 5.26 Å². The maximum atomic E-state index is 10.9. The Balaban J connectivity index is 2.11. The van der Waals surface area contributed by atoms with E-state index in [0.717, 1.165) is 18.7 Å². The molecular weight excluding hydrogens is 256 g/mol. The summed E-state index contributed by atoms with van der Waals surface area (Å²) in [6.45, 7) is 1.49. The third-order valence-corrected chi connectivity index (χ3v) is 3.49. The Bertz CT molecular complexity index is 534. The maximum absolute atomic E-state index is 10.9. The lowest BCUT2D eigenvalue weighted by atomic mass is 10.1. The van der Waals surface area contributed by atoms with Gasteiger partial charge in [-0.3, -0.25) is 15.0 Å². The second-order valence-corrected chi connectivity index (χ2v) is 4.97. The number of hydrogen-bond donors (Lipinski definition) is 1. The molecule has 2 rings (SSSR count). The second kappa shape index (κ2) is 6.35. The molecule has 0 radical (unpaired) electrons. The summed E-state index contributed by atoms with van der Waals surface area (Å²) in [4.78, 5) is 12.8. The lowest BCUT2D eigenvalue weighted by Gasteiger charge is -2.21. The summed E-state index contributed by atoms with van der Waals surface area (Å²) in [7, 11) is 1.68. The molecule has 1 aromatic carbocycles. The van der Waals surface area contributed by atoms with Crippen molar-refractivity contribution in [2.75, 3.05) is 18.9 Å². The largest absolute Gasteiger partial charge is 0.383 e. The minimum absolute atomic E-state index is 0.0891. The van der Waals surface area contributed by atoms with E-state index >= 15 is 0 Å². The van der Waals surface area contributed by atoms with Gasteiger partial charge in [0.1, 0.15) is 5.69 Å². The van der Waals surface area contributed by atoms with Crippen LogP contribution in [0.3, 0.4) is 0 Å². The Morgan fingerprint density at radius 1 is 1.55 bits per heavy atom. The van der Waals surface area contributed by atoms with Gasteiger partial charge in [-0.1, -0.05) is 6.07 Å². The van der Waals surface area contributed by atoms with Crippen molar-refractivity contribution in [3.8, 4) is 6.07 Å². The van der Waals surface area contributed by atoms with E-state index in [9.17, 15) is 10.1 Å². The van der Waals surface area contributed by atoms with E-state index in [2.05, 4.69) is 16.3 Å². The highest BCUT2D eigenvalue weighted by Gasteiger charge is 2.28. The Morgan fingerprint density at radius 2 is 2.30 bits per heavy atom. The minimum atomic E-state index is -0.385. The van der Waals surface area contributed by atoms with Crippen molar-refractivity contribution in [1.82, 2.24) is 4.90 Å². The Kier molecular flexibility index (Phi) is 4.53. The first-order valence-corrected chi connectivity index (χ1v) is 6.71. The van der Waals surface area contributed by atoms with Gasteiger partial charge in [0.25, 0.3) is 5.69 Å². The van der Waals surface area contributed by atoms with Crippen molar-refractivity contribution in [2.45, 2.75) is 31.8 Å². The van der Waals surface area contributed by atoms with Crippen LogP contribution < -0.4 is 5.32 Å². The summed E-state index contributed by atoms with van der Waals surface area (Å²) < 4.78 is 0. The molecule has 1 fully saturated rings. The van der Waals surface area contributed by atoms with Crippen LogP contribution in [-0.2, 0) is 6.54 Å². The van der Waals surface area contributed by atoms with Crippen molar-refractivity contribution < 1.29 is 4.92 Å². The smallest absolute Gasteiger partial charge is 0.292 e. The highest BCUT2D eigenvalue weighted by atomic mass is 16.6. The SMILES string of the molecule is CNc1cc(CN(CCC#N)C2CC2)ccc1[N+](=O)[O-]. The number of nitrogens with zero attached hydrogens (tertiary/aromatic N) is 3. The predicted octanol–water partition coefficient (Wildman–Crippen LogP) is 2.51. The van der Waals surface area contributed by atoms with Crippen LogP contribution in [-0.4, -0.2) is 29.5 Å². The molecule has 0 bridgehead atoms. The fraction of sp³-hybridized carbons (Fsp3) is 0.500. The fourth-order valence-electron chi connectivity index (χ4n) is 2.30. The van der Waals surface area contributed by atoms with Crippen LogP contribution >= 0.6 is 0 Å². The van der Waals surface area contributed by atoms with E-state index in [0.29, 0.717) is 18.2 Å². The van der Waals surface area contributed by atoms with E-state index in [1.54, 1.807) is 13.1 Å². The second-order valence-electron chi connectivity index (χ2n) is 4.97. The molecule has 0 aromatic heterocycles. The molecule has 0 heterocycles. The molecule has 0 saturated heterocycles. The van der Waals surface area contributed by atoms with Crippen LogP contribution in [0.15, 0.2) is 18.2 Å². The van der Waals surface area contributed by atoms with Crippen LogP contribution in [0.5, 0.6) is 0 Å². The fourth-order valence-corrected chi connectivity index (χ4v) is 2.30. The molecule has 0 amide bonds. The molecule has 1 saturated carbocycles. The first-order chi connectivity index (χ1) is 9.65. The minimum Gasteiger partial charge on any atom is -0.383 e.